The molecule has 1 heterocycles. The quantitative estimate of drug-likeness (QED) is 0.405. The smallest absolute Gasteiger partial charge is 0.0748 e. The Labute approximate surface area is 73.8 Å². The third-order valence-electron chi connectivity index (χ3n) is 1.71. The molecule has 0 aliphatic carbocycles. The SMILES string of the molecule is ON=Cc1csc2ccccc12. The number of rotatable bonds is 1. The summed E-state index contributed by atoms with van der Waals surface area (Å²) in [6.45, 7) is 0. The maximum absolute atomic E-state index is 8.37. The summed E-state index contributed by atoms with van der Waals surface area (Å²) in [7, 11) is 0. The molecule has 2 aromatic rings. The number of thiophene rings is 1. The topological polar surface area (TPSA) is 32.6 Å². The lowest BCUT2D eigenvalue weighted by molar-refractivity contribution is 0.322. The zero-order valence-electron chi connectivity index (χ0n) is 6.27. The Morgan fingerprint density at radius 1 is 1.33 bits per heavy atom. The highest BCUT2D eigenvalue weighted by Crippen LogP contribution is 2.23. The van der Waals surface area contributed by atoms with Crippen LogP contribution in [-0.2, 0) is 0 Å². The normalized spacial score (nSPS) is 11.3. The lowest BCUT2D eigenvalue weighted by Gasteiger charge is -1.87. The minimum absolute atomic E-state index is 0.970. The third-order valence-corrected chi connectivity index (χ3v) is 2.69. The molecule has 2 rings (SSSR count). The first-order valence-electron chi connectivity index (χ1n) is 3.55. The second kappa shape index (κ2) is 2.95. The van der Waals surface area contributed by atoms with E-state index >= 15 is 0 Å². The van der Waals surface area contributed by atoms with E-state index in [1.165, 1.54) is 10.9 Å². The van der Waals surface area contributed by atoms with Gasteiger partial charge in [-0.3, -0.25) is 0 Å². The largest absolute Gasteiger partial charge is 0.411 e. The summed E-state index contributed by atoms with van der Waals surface area (Å²) in [5.41, 5.74) is 0.970. The summed E-state index contributed by atoms with van der Waals surface area (Å²) < 4.78 is 1.22. The lowest BCUT2D eigenvalue weighted by Crippen LogP contribution is -1.75. The standard InChI is InChI=1S/C9H7NOS/c11-10-5-7-6-12-9-4-2-1-3-8(7)9/h1-6,11H. The van der Waals surface area contributed by atoms with E-state index in [1.807, 2.05) is 23.6 Å². The molecule has 0 aliphatic rings. The van der Waals surface area contributed by atoms with Gasteiger partial charge in [-0.15, -0.1) is 11.3 Å². The van der Waals surface area contributed by atoms with E-state index in [1.54, 1.807) is 11.3 Å². The van der Waals surface area contributed by atoms with Crippen molar-refractivity contribution in [2.24, 2.45) is 5.16 Å². The van der Waals surface area contributed by atoms with Gasteiger partial charge in [0.1, 0.15) is 0 Å². The van der Waals surface area contributed by atoms with E-state index in [0.717, 1.165) is 10.9 Å². The summed E-state index contributed by atoms with van der Waals surface area (Å²) in [5.74, 6) is 0. The summed E-state index contributed by atoms with van der Waals surface area (Å²) in [5, 5.41) is 14.5. The molecule has 0 fully saturated rings. The number of hydrogen-bond donors (Lipinski definition) is 1. The summed E-state index contributed by atoms with van der Waals surface area (Å²) in [6, 6.07) is 8.04. The predicted octanol–water partition coefficient (Wildman–Crippen LogP) is 2.71. The fraction of sp³-hybridized carbons (Fsp3) is 0. The van der Waals surface area contributed by atoms with E-state index in [9.17, 15) is 0 Å². The van der Waals surface area contributed by atoms with Crippen LogP contribution in [0.3, 0.4) is 0 Å². The number of oxime groups is 1. The zero-order chi connectivity index (χ0) is 8.39. The van der Waals surface area contributed by atoms with Gasteiger partial charge in [0, 0.05) is 21.0 Å². The van der Waals surface area contributed by atoms with Gasteiger partial charge in [0.05, 0.1) is 6.21 Å². The molecule has 0 atom stereocenters. The van der Waals surface area contributed by atoms with Crippen LogP contribution in [0.1, 0.15) is 5.56 Å². The number of nitrogens with zero attached hydrogens (tertiary/aromatic N) is 1. The summed E-state index contributed by atoms with van der Waals surface area (Å²) >= 11 is 1.65. The molecule has 2 nitrogen and oxygen atoms in total. The van der Waals surface area contributed by atoms with Crippen molar-refractivity contribution in [1.29, 1.82) is 0 Å². The van der Waals surface area contributed by atoms with Gasteiger partial charge < -0.3 is 5.21 Å². The molecule has 0 saturated heterocycles. The van der Waals surface area contributed by atoms with E-state index in [2.05, 4.69) is 11.2 Å². The molecule has 0 amide bonds. The van der Waals surface area contributed by atoms with Crippen LogP contribution >= 0.6 is 11.3 Å². The maximum atomic E-state index is 8.37. The highest BCUT2D eigenvalue weighted by molar-refractivity contribution is 7.17. The molecule has 0 aliphatic heterocycles. The van der Waals surface area contributed by atoms with Crippen molar-refractivity contribution in [1.82, 2.24) is 0 Å². The molecule has 0 radical (unpaired) electrons. The second-order valence-electron chi connectivity index (χ2n) is 2.43. The highest BCUT2D eigenvalue weighted by Gasteiger charge is 1.99. The molecule has 0 spiro atoms. The predicted molar refractivity (Wildman–Crippen MR) is 51.2 cm³/mol. The van der Waals surface area contributed by atoms with Crippen LogP contribution in [0, 0.1) is 0 Å². The number of benzene rings is 1. The Morgan fingerprint density at radius 2 is 2.17 bits per heavy atom. The van der Waals surface area contributed by atoms with Crippen LogP contribution in [0.25, 0.3) is 10.1 Å². The molecule has 1 N–H and O–H groups in total. The van der Waals surface area contributed by atoms with Crippen molar-refractivity contribution in [2.75, 3.05) is 0 Å². The first-order valence-corrected chi connectivity index (χ1v) is 4.43. The Kier molecular flexibility index (Phi) is 1.80. The lowest BCUT2D eigenvalue weighted by atomic mass is 10.2. The van der Waals surface area contributed by atoms with Crippen LogP contribution in [0.4, 0.5) is 0 Å². The van der Waals surface area contributed by atoms with E-state index in [0.29, 0.717) is 0 Å². The zero-order valence-corrected chi connectivity index (χ0v) is 7.08. The Balaban J connectivity index is 2.70. The van der Waals surface area contributed by atoms with Crippen molar-refractivity contribution in [3.8, 4) is 0 Å². The van der Waals surface area contributed by atoms with Gasteiger partial charge in [0.2, 0.25) is 0 Å². The van der Waals surface area contributed by atoms with Gasteiger partial charge in [-0.25, -0.2) is 0 Å². The van der Waals surface area contributed by atoms with Crippen LogP contribution in [-0.4, -0.2) is 11.4 Å². The first-order chi connectivity index (χ1) is 5.92. The van der Waals surface area contributed by atoms with Gasteiger partial charge in [0.25, 0.3) is 0 Å². The van der Waals surface area contributed by atoms with Crippen LogP contribution in [0.15, 0.2) is 34.8 Å². The minimum atomic E-state index is 0.970. The van der Waals surface area contributed by atoms with E-state index in [4.69, 9.17) is 5.21 Å². The van der Waals surface area contributed by atoms with Crippen molar-refractivity contribution >= 4 is 27.6 Å². The molecule has 0 unspecified atom stereocenters. The number of hydrogen-bond acceptors (Lipinski definition) is 3. The fourth-order valence-corrected chi connectivity index (χ4v) is 2.07. The van der Waals surface area contributed by atoms with Gasteiger partial charge >= 0.3 is 0 Å². The Hall–Kier alpha value is -1.35. The first kappa shape index (κ1) is 7.31. The molecule has 1 aromatic heterocycles. The van der Waals surface area contributed by atoms with Crippen molar-refractivity contribution < 1.29 is 5.21 Å². The monoisotopic (exact) mass is 177 g/mol. The maximum Gasteiger partial charge on any atom is 0.0748 e. The molecular formula is C9H7NOS. The minimum Gasteiger partial charge on any atom is -0.411 e. The molecule has 1 aromatic carbocycles. The third kappa shape index (κ3) is 1.08. The Morgan fingerprint density at radius 3 is 3.00 bits per heavy atom. The van der Waals surface area contributed by atoms with Gasteiger partial charge in [-0.1, -0.05) is 23.4 Å². The average Bonchev–Trinajstić information content (AvgIpc) is 2.50. The molecule has 0 saturated carbocycles. The molecule has 3 heteroatoms. The van der Waals surface area contributed by atoms with Crippen molar-refractivity contribution in [3.63, 3.8) is 0 Å². The summed E-state index contributed by atoms with van der Waals surface area (Å²) in [6.07, 6.45) is 1.46. The second-order valence-corrected chi connectivity index (χ2v) is 3.34. The number of fused-ring (bicyclic) bond motifs is 1. The molecule has 0 bridgehead atoms. The van der Waals surface area contributed by atoms with E-state index < -0.39 is 0 Å². The molecule has 60 valence electrons. The van der Waals surface area contributed by atoms with Crippen molar-refractivity contribution in [2.45, 2.75) is 0 Å². The van der Waals surface area contributed by atoms with Gasteiger partial charge in [0.15, 0.2) is 0 Å². The van der Waals surface area contributed by atoms with E-state index in [-0.39, 0.29) is 0 Å². The Bertz CT molecular complexity index is 419. The summed E-state index contributed by atoms with van der Waals surface area (Å²) in [4.78, 5) is 0. The average molecular weight is 177 g/mol. The van der Waals surface area contributed by atoms with Gasteiger partial charge in [-0.2, -0.15) is 0 Å². The van der Waals surface area contributed by atoms with Gasteiger partial charge in [-0.05, 0) is 6.07 Å². The van der Waals surface area contributed by atoms with Crippen LogP contribution in [0.5, 0.6) is 0 Å². The molecular weight excluding hydrogens is 170 g/mol. The van der Waals surface area contributed by atoms with Crippen molar-refractivity contribution in [3.05, 3.63) is 35.2 Å². The highest BCUT2D eigenvalue weighted by atomic mass is 32.1. The van der Waals surface area contributed by atoms with Crippen LogP contribution in [0.2, 0.25) is 0 Å². The van der Waals surface area contributed by atoms with Crippen LogP contribution < -0.4 is 0 Å². The molecule has 12 heavy (non-hydrogen) atoms. The fourth-order valence-electron chi connectivity index (χ4n) is 1.16.